The maximum Gasteiger partial charge on any atom is 0.165 e. The lowest BCUT2D eigenvalue weighted by atomic mass is 9.83. The quantitative estimate of drug-likeness (QED) is 0.266. The van der Waals surface area contributed by atoms with Crippen LogP contribution in [0.25, 0.3) is 0 Å². The van der Waals surface area contributed by atoms with E-state index >= 15 is 0 Å². The predicted octanol–water partition coefficient (Wildman–Crippen LogP) is 11.1. The number of thioether (sulfide) groups is 1. The number of hydrogen-bond donors (Lipinski definition) is 0. The van der Waals surface area contributed by atoms with Crippen molar-refractivity contribution < 1.29 is 17.4 Å². The third-order valence-corrected chi connectivity index (χ3v) is 17.7. The molecule has 0 aliphatic carbocycles. The largest absolute Gasteiger partial charge is 0.298 e. The number of Topliss-reactive ketones (excluding diaryl/α,β-unsaturated/α-hetero) is 1. The van der Waals surface area contributed by atoms with Gasteiger partial charge in [-0.15, -0.1) is 11.8 Å². The van der Waals surface area contributed by atoms with Gasteiger partial charge in [0.25, 0.3) is 0 Å². The van der Waals surface area contributed by atoms with E-state index in [-0.39, 0.29) is 28.2 Å². The molecule has 5 rings (SSSR count). The van der Waals surface area contributed by atoms with E-state index in [0.29, 0.717) is 59.2 Å². The highest BCUT2D eigenvalue weighted by Crippen LogP contribution is 2.37. The second-order valence-electron chi connectivity index (χ2n) is 26.5. The van der Waals surface area contributed by atoms with E-state index in [0.717, 1.165) is 42.1 Å². The van der Waals surface area contributed by atoms with Crippen LogP contribution in [-0.2, 0) is 25.4 Å². The Morgan fingerprint density at radius 1 is 0.609 bits per heavy atom. The van der Waals surface area contributed by atoms with E-state index in [1.165, 1.54) is 31.0 Å². The van der Waals surface area contributed by atoms with Gasteiger partial charge in [-0.2, -0.15) is 0 Å². The minimum atomic E-state index is -2.85. The summed E-state index contributed by atoms with van der Waals surface area (Å²) in [5, 5.41) is 0. The summed E-state index contributed by atoms with van der Waals surface area (Å²) in [5.41, 5.74) is 1.28. The molecule has 12 heteroatoms. The van der Waals surface area contributed by atoms with E-state index in [2.05, 4.69) is 209 Å². The van der Waals surface area contributed by atoms with Gasteiger partial charge in [0.05, 0.1) is 18.2 Å². The standard InChI is InChI=1S/C12H25N.C11H21NO.C10H21NO2S.C10H21NOS.C9H19NS/c1-11(2,3)10-8-7-9-13(10)12(4,5)6;1-8(2)12-7-9(13)6-10(12)11(3,4)5;1-8(2)11-7-14(12,13)6-9(11)10(3,4)5;1-8(2)11-7-13(12)6-9(11)10(3,4)5;1-7(2)9-5-11-6-10(9)8(3)4/h10H,7-9H2,1-6H3;8,10H,6-7H2,1-5H3;8-9H,6-7H2,1-5H3;8-9H,6-7H2,1-5H3;7-9H,5-6H2,1-4H3. The smallest absolute Gasteiger partial charge is 0.165 e. The molecule has 0 aromatic rings. The van der Waals surface area contributed by atoms with Gasteiger partial charge < -0.3 is 0 Å². The number of carbonyl (C=O) groups is 1. The summed E-state index contributed by atoms with van der Waals surface area (Å²) >= 11 is 2.07. The highest BCUT2D eigenvalue weighted by molar-refractivity contribution is 7.99. The van der Waals surface area contributed by atoms with E-state index in [4.69, 9.17) is 0 Å². The molecule has 9 nitrogen and oxygen atoms in total. The molecule has 0 amide bonds. The van der Waals surface area contributed by atoms with E-state index < -0.39 is 20.6 Å². The monoisotopic (exact) mass is 962 g/mol. The summed E-state index contributed by atoms with van der Waals surface area (Å²) in [4.78, 5) is 23.4. The van der Waals surface area contributed by atoms with Gasteiger partial charge in [0.1, 0.15) is 11.7 Å². The lowest BCUT2D eigenvalue weighted by Gasteiger charge is -2.43. The minimum Gasteiger partial charge on any atom is -0.298 e. The van der Waals surface area contributed by atoms with E-state index in [1.54, 1.807) is 0 Å². The van der Waals surface area contributed by atoms with Gasteiger partial charge in [0.2, 0.25) is 0 Å². The Hall–Kier alpha value is -0.0800. The molecule has 5 saturated heterocycles. The van der Waals surface area contributed by atoms with Crippen LogP contribution < -0.4 is 0 Å². The number of ketones is 1. The Labute approximate surface area is 405 Å². The zero-order valence-corrected chi connectivity index (χ0v) is 49.1. The van der Waals surface area contributed by atoms with Crippen molar-refractivity contribution in [2.45, 2.75) is 252 Å². The number of likely N-dealkylation sites (tertiary alicyclic amines) is 2. The van der Waals surface area contributed by atoms with Gasteiger partial charge in [-0.25, -0.2) is 8.42 Å². The fourth-order valence-electron chi connectivity index (χ4n) is 9.90. The maximum atomic E-state index is 11.6. The highest BCUT2D eigenvalue weighted by Gasteiger charge is 2.44. The van der Waals surface area contributed by atoms with Crippen LogP contribution in [0.3, 0.4) is 0 Å². The average Bonchev–Trinajstić information content (AvgIpc) is 3.93. The van der Waals surface area contributed by atoms with Crippen molar-refractivity contribution in [2.75, 3.05) is 48.0 Å². The number of nitrogens with zero attached hydrogens (tertiary/aromatic N) is 5. The first-order valence-electron chi connectivity index (χ1n) is 25.1. The van der Waals surface area contributed by atoms with Gasteiger partial charge in [0.15, 0.2) is 9.84 Å². The number of sulfone groups is 1. The van der Waals surface area contributed by atoms with Crippen molar-refractivity contribution >= 4 is 38.2 Å². The van der Waals surface area contributed by atoms with Gasteiger partial charge in [-0.05, 0) is 123 Å². The van der Waals surface area contributed by atoms with E-state index in [1.807, 2.05) is 0 Å². The SMILES string of the molecule is CC(C)(C)C1CCCN1C(C)(C)C.CC(C)C1CSCN1C(C)C.CC(C)N1CC(=O)CC1C(C)(C)C.CC(C)N1CS(=O)(=O)CC1C(C)(C)C.CC(C)N1CS(=O)CC1C(C)(C)C. The molecule has 0 bridgehead atoms. The summed E-state index contributed by atoms with van der Waals surface area (Å²) in [6.45, 7) is 57.7. The predicted molar refractivity (Wildman–Crippen MR) is 284 cm³/mol. The molecule has 0 N–H and O–H groups in total. The van der Waals surface area contributed by atoms with Crippen molar-refractivity contribution in [3.05, 3.63) is 0 Å². The molecule has 6 atom stereocenters. The third kappa shape index (κ3) is 19.7. The molecule has 0 saturated carbocycles. The third-order valence-electron chi connectivity index (χ3n) is 13.9. The zero-order valence-electron chi connectivity index (χ0n) is 46.6. The summed E-state index contributed by atoms with van der Waals surface area (Å²) < 4.78 is 34.6. The van der Waals surface area contributed by atoms with Gasteiger partial charge >= 0.3 is 0 Å². The molecular formula is C52H107N5O4S3. The second-order valence-corrected chi connectivity index (χ2v) is 31.0. The lowest BCUT2D eigenvalue weighted by Crippen LogP contribution is -2.49. The lowest BCUT2D eigenvalue weighted by molar-refractivity contribution is -0.117. The molecule has 5 aliphatic heterocycles. The van der Waals surface area contributed by atoms with Crippen molar-refractivity contribution in [1.29, 1.82) is 0 Å². The van der Waals surface area contributed by atoms with Crippen molar-refractivity contribution in [2.24, 2.45) is 27.6 Å². The number of carbonyl (C=O) groups excluding carboxylic acids is 1. The van der Waals surface area contributed by atoms with Crippen molar-refractivity contribution in [3.63, 3.8) is 0 Å². The molecule has 0 aromatic carbocycles. The van der Waals surface area contributed by atoms with Gasteiger partial charge in [0, 0.05) is 94.5 Å². The zero-order chi connectivity index (χ0) is 50.3. The molecule has 5 aliphatic rings. The fourth-order valence-corrected chi connectivity index (χ4v) is 15.7. The molecule has 5 heterocycles. The number of hydrogen-bond acceptors (Lipinski definition) is 10. The molecule has 0 radical (unpaired) electrons. The van der Waals surface area contributed by atoms with Crippen LogP contribution in [0.4, 0.5) is 0 Å². The molecule has 64 heavy (non-hydrogen) atoms. The first-order chi connectivity index (χ1) is 28.6. The summed E-state index contributed by atoms with van der Waals surface area (Å²) in [6, 6.07) is 4.67. The first kappa shape index (κ1) is 61.9. The maximum absolute atomic E-state index is 11.6. The topological polar surface area (TPSA) is 84.5 Å². The van der Waals surface area contributed by atoms with Crippen LogP contribution in [0.5, 0.6) is 0 Å². The Kier molecular flexibility index (Phi) is 23.9. The Bertz CT molecular complexity index is 1450. The Morgan fingerprint density at radius 3 is 1.38 bits per heavy atom. The Morgan fingerprint density at radius 2 is 1.06 bits per heavy atom. The Balaban J connectivity index is 0.000000401. The molecule has 382 valence electrons. The first-order valence-corrected chi connectivity index (χ1v) is 29.5. The number of rotatable bonds is 5. The van der Waals surface area contributed by atoms with Crippen molar-refractivity contribution in [1.82, 2.24) is 24.5 Å². The summed E-state index contributed by atoms with van der Waals surface area (Å²) in [5.74, 6) is 5.93. The van der Waals surface area contributed by atoms with Crippen LogP contribution in [0.2, 0.25) is 0 Å². The van der Waals surface area contributed by atoms with E-state index in [9.17, 15) is 17.4 Å². The minimum absolute atomic E-state index is 0.0356. The molecule has 5 fully saturated rings. The molecular weight excluding hydrogens is 855 g/mol. The highest BCUT2D eigenvalue weighted by atomic mass is 32.2. The van der Waals surface area contributed by atoms with Crippen LogP contribution in [-0.4, -0.2) is 151 Å². The van der Waals surface area contributed by atoms with Crippen LogP contribution in [0.1, 0.15) is 192 Å². The van der Waals surface area contributed by atoms with Gasteiger partial charge in [-0.3, -0.25) is 33.5 Å². The second kappa shape index (κ2) is 24.7. The van der Waals surface area contributed by atoms with Crippen molar-refractivity contribution in [3.8, 4) is 0 Å². The normalized spacial score (nSPS) is 28.1. The molecule has 0 spiro atoms. The van der Waals surface area contributed by atoms with Crippen LogP contribution >= 0.6 is 11.8 Å². The van der Waals surface area contributed by atoms with Crippen LogP contribution in [0.15, 0.2) is 0 Å². The van der Waals surface area contributed by atoms with Gasteiger partial charge in [-0.1, -0.05) is 96.9 Å². The molecule has 6 unspecified atom stereocenters. The molecule has 0 aromatic heterocycles. The summed E-state index contributed by atoms with van der Waals surface area (Å²) in [6.07, 6.45) is 3.49. The fraction of sp³-hybridized carbons (Fsp3) is 0.981. The average molecular weight is 963 g/mol. The summed E-state index contributed by atoms with van der Waals surface area (Å²) in [7, 11) is -3.47. The van der Waals surface area contributed by atoms with Crippen LogP contribution in [0, 0.1) is 27.6 Å².